The number of hydrogen-bond acceptors (Lipinski definition) is 4. The summed E-state index contributed by atoms with van der Waals surface area (Å²) in [6.45, 7) is 5.86. The van der Waals surface area contributed by atoms with Crippen LogP contribution >= 0.6 is 0 Å². The third-order valence-electron chi connectivity index (χ3n) is 3.80. The summed E-state index contributed by atoms with van der Waals surface area (Å²) in [5, 5.41) is 2.72. The summed E-state index contributed by atoms with van der Waals surface area (Å²) >= 11 is 0. The Bertz CT molecular complexity index is 825. The Balaban J connectivity index is 1.92. The molecule has 0 atom stereocenters. The molecule has 1 N–H and O–H groups in total. The van der Waals surface area contributed by atoms with Gasteiger partial charge in [0.1, 0.15) is 5.75 Å². The van der Waals surface area contributed by atoms with Gasteiger partial charge in [0, 0.05) is 12.1 Å². The van der Waals surface area contributed by atoms with Crippen LogP contribution in [0.3, 0.4) is 0 Å². The molecule has 0 bridgehead atoms. The fraction of sp³-hybridized carbons (Fsp3) is 0.350. The third kappa shape index (κ3) is 5.88. The summed E-state index contributed by atoms with van der Waals surface area (Å²) in [6.07, 6.45) is 0.850. The minimum Gasteiger partial charge on any atom is -0.491 e. The van der Waals surface area contributed by atoms with Crippen LogP contribution in [0.25, 0.3) is 0 Å². The number of carbonyl (C=O) groups excluding carboxylic acids is 1. The van der Waals surface area contributed by atoms with Crippen LogP contribution in [0.4, 0.5) is 5.69 Å². The number of rotatable bonds is 8. The first-order chi connectivity index (χ1) is 12.3. The number of hydrogen-bond donors (Lipinski definition) is 1. The van der Waals surface area contributed by atoms with E-state index in [-0.39, 0.29) is 29.1 Å². The van der Waals surface area contributed by atoms with Crippen LogP contribution in [0.5, 0.6) is 5.75 Å². The van der Waals surface area contributed by atoms with E-state index in [0.29, 0.717) is 11.4 Å². The van der Waals surface area contributed by atoms with Crippen LogP contribution in [-0.4, -0.2) is 26.2 Å². The molecule has 2 aromatic carbocycles. The summed E-state index contributed by atoms with van der Waals surface area (Å²) in [5.41, 5.74) is 1.84. The van der Waals surface area contributed by atoms with Crippen LogP contribution < -0.4 is 10.1 Å². The summed E-state index contributed by atoms with van der Waals surface area (Å²) in [5.74, 6) is 0.0563. The van der Waals surface area contributed by atoms with Crippen molar-refractivity contribution >= 4 is 21.4 Å². The quantitative estimate of drug-likeness (QED) is 0.761. The highest BCUT2D eigenvalue weighted by molar-refractivity contribution is 7.91. The van der Waals surface area contributed by atoms with Crippen molar-refractivity contribution in [3.8, 4) is 5.75 Å². The summed E-state index contributed by atoms with van der Waals surface area (Å²) in [6, 6.07) is 13.8. The Morgan fingerprint density at radius 1 is 1.04 bits per heavy atom. The SMILES string of the molecule is CCc1ccc(NC(=O)CCS(=O)(=O)c2ccc(OC(C)C)cc2)cc1. The summed E-state index contributed by atoms with van der Waals surface area (Å²) in [7, 11) is -3.52. The van der Waals surface area contributed by atoms with Gasteiger partial charge in [-0.15, -0.1) is 0 Å². The Hall–Kier alpha value is -2.34. The van der Waals surface area contributed by atoms with Gasteiger partial charge in [0.25, 0.3) is 0 Å². The minimum absolute atomic E-state index is 0.0209. The normalized spacial score (nSPS) is 11.4. The molecular weight excluding hydrogens is 350 g/mol. The average molecular weight is 375 g/mol. The van der Waals surface area contributed by atoms with Crippen molar-refractivity contribution in [2.45, 2.75) is 44.6 Å². The first kappa shape index (κ1) is 20.0. The second-order valence-corrected chi connectivity index (χ2v) is 8.41. The highest BCUT2D eigenvalue weighted by atomic mass is 32.2. The zero-order valence-corrected chi connectivity index (χ0v) is 16.2. The van der Waals surface area contributed by atoms with Gasteiger partial charge in [-0.25, -0.2) is 8.42 Å². The molecule has 0 aliphatic heterocycles. The zero-order chi connectivity index (χ0) is 19.2. The van der Waals surface area contributed by atoms with Gasteiger partial charge in [-0.3, -0.25) is 4.79 Å². The van der Waals surface area contributed by atoms with E-state index in [1.807, 2.05) is 38.1 Å². The lowest BCUT2D eigenvalue weighted by Crippen LogP contribution is -2.17. The molecule has 6 heteroatoms. The zero-order valence-electron chi connectivity index (χ0n) is 15.4. The molecule has 2 rings (SSSR count). The van der Waals surface area contributed by atoms with Crippen LogP contribution in [0.15, 0.2) is 53.4 Å². The number of sulfone groups is 1. The molecule has 0 radical (unpaired) electrons. The topological polar surface area (TPSA) is 72.5 Å². The van der Waals surface area contributed by atoms with E-state index in [9.17, 15) is 13.2 Å². The van der Waals surface area contributed by atoms with Crippen molar-refractivity contribution < 1.29 is 17.9 Å². The molecular formula is C20H25NO4S. The second kappa shape index (κ2) is 8.85. The standard InChI is InChI=1S/C20H25NO4S/c1-4-16-5-7-17(8-6-16)21-20(22)13-14-26(23,24)19-11-9-18(10-12-19)25-15(2)3/h5-12,15H,4,13-14H2,1-3H3,(H,21,22). The lowest BCUT2D eigenvalue weighted by molar-refractivity contribution is -0.115. The van der Waals surface area contributed by atoms with Crippen LogP contribution in [0, 0.1) is 0 Å². The molecule has 5 nitrogen and oxygen atoms in total. The largest absolute Gasteiger partial charge is 0.491 e. The van der Waals surface area contributed by atoms with Crippen LogP contribution in [0.1, 0.15) is 32.8 Å². The van der Waals surface area contributed by atoms with Crippen LogP contribution in [0.2, 0.25) is 0 Å². The molecule has 0 aliphatic rings. The predicted molar refractivity (Wildman–Crippen MR) is 103 cm³/mol. The van der Waals surface area contributed by atoms with Crippen molar-refractivity contribution in [2.75, 3.05) is 11.1 Å². The molecule has 0 aliphatic carbocycles. The maximum absolute atomic E-state index is 12.4. The highest BCUT2D eigenvalue weighted by Crippen LogP contribution is 2.19. The van der Waals surface area contributed by atoms with E-state index >= 15 is 0 Å². The molecule has 0 spiro atoms. The summed E-state index contributed by atoms with van der Waals surface area (Å²) in [4.78, 5) is 12.2. The third-order valence-corrected chi connectivity index (χ3v) is 5.53. The summed E-state index contributed by atoms with van der Waals surface area (Å²) < 4.78 is 30.3. The Morgan fingerprint density at radius 2 is 1.65 bits per heavy atom. The van der Waals surface area contributed by atoms with Crippen molar-refractivity contribution in [1.82, 2.24) is 0 Å². The molecule has 140 valence electrons. The average Bonchev–Trinajstić information content (AvgIpc) is 2.61. The smallest absolute Gasteiger partial charge is 0.225 e. The van der Waals surface area contributed by atoms with Gasteiger partial charge in [-0.1, -0.05) is 19.1 Å². The van der Waals surface area contributed by atoms with E-state index in [1.54, 1.807) is 12.1 Å². The van der Waals surface area contributed by atoms with Gasteiger partial charge in [0.2, 0.25) is 5.91 Å². The van der Waals surface area contributed by atoms with Gasteiger partial charge < -0.3 is 10.1 Å². The van der Waals surface area contributed by atoms with E-state index in [1.165, 1.54) is 17.7 Å². The number of amides is 1. The molecule has 0 heterocycles. The van der Waals surface area contributed by atoms with E-state index in [2.05, 4.69) is 12.2 Å². The number of ether oxygens (including phenoxy) is 1. The molecule has 0 fully saturated rings. The number of anilines is 1. The second-order valence-electron chi connectivity index (χ2n) is 6.31. The van der Waals surface area contributed by atoms with Gasteiger partial charge >= 0.3 is 0 Å². The Morgan fingerprint density at radius 3 is 2.19 bits per heavy atom. The molecule has 0 saturated heterocycles. The van der Waals surface area contributed by atoms with Gasteiger partial charge in [-0.2, -0.15) is 0 Å². The van der Waals surface area contributed by atoms with Crippen molar-refractivity contribution in [2.24, 2.45) is 0 Å². The monoisotopic (exact) mass is 375 g/mol. The fourth-order valence-electron chi connectivity index (χ4n) is 2.39. The van der Waals surface area contributed by atoms with E-state index in [4.69, 9.17) is 4.74 Å². The molecule has 26 heavy (non-hydrogen) atoms. The van der Waals surface area contributed by atoms with Crippen molar-refractivity contribution in [3.63, 3.8) is 0 Å². The van der Waals surface area contributed by atoms with Crippen LogP contribution in [-0.2, 0) is 21.1 Å². The minimum atomic E-state index is -3.52. The molecule has 1 amide bonds. The molecule has 0 aromatic heterocycles. The molecule has 0 saturated carbocycles. The van der Waals surface area contributed by atoms with Gasteiger partial charge in [-0.05, 0) is 62.2 Å². The maximum atomic E-state index is 12.4. The number of nitrogens with one attached hydrogen (secondary N) is 1. The molecule has 0 unspecified atom stereocenters. The number of carbonyl (C=O) groups is 1. The first-order valence-electron chi connectivity index (χ1n) is 8.68. The maximum Gasteiger partial charge on any atom is 0.225 e. The van der Waals surface area contributed by atoms with E-state index in [0.717, 1.165) is 6.42 Å². The first-order valence-corrected chi connectivity index (χ1v) is 10.3. The lowest BCUT2D eigenvalue weighted by Gasteiger charge is -2.10. The Kier molecular flexibility index (Phi) is 6.80. The number of benzene rings is 2. The Labute approximate surface area is 155 Å². The van der Waals surface area contributed by atoms with Crippen molar-refractivity contribution in [1.29, 1.82) is 0 Å². The molecule has 2 aromatic rings. The van der Waals surface area contributed by atoms with Gasteiger partial charge in [0.15, 0.2) is 9.84 Å². The lowest BCUT2D eigenvalue weighted by atomic mass is 10.1. The van der Waals surface area contributed by atoms with E-state index < -0.39 is 9.84 Å². The highest BCUT2D eigenvalue weighted by Gasteiger charge is 2.17. The predicted octanol–water partition coefficient (Wildman–Crippen LogP) is 3.84. The number of aryl methyl sites for hydroxylation is 1. The van der Waals surface area contributed by atoms with Gasteiger partial charge in [0.05, 0.1) is 16.8 Å². The van der Waals surface area contributed by atoms with Crippen molar-refractivity contribution in [3.05, 3.63) is 54.1 Å². The fourth-order valence-corrected chi connectivity index (χ4v) is 3.63.